The molecule has 2 heterocycles. The van der Waals surface area contributed by atoms with E-state index in [2.05, 4.69) is 22.0 Å². The van der Waals surface area contributed by atoms with E-state index in [1.807, 2.05) is 13.8 Å². The second kappa shape index (κ2) is 6.01. The van der Waals surface area contributed by atoms with Gasteiger partial charge in [0.1, 0.15) is 0 Å². The average Bonchev–Trinajstić information content (AvgIpc) is 2.80. The molecule has 0 spiro atoms. The molecule has 1 fully saturated rings. The van der Waals surface area contributed by atoms with Crippen LogP contribution in [0.15, 0.2) is 4.52 Å². The summed E-state index contributed by atoms with van der Waals surface area (Å²) in [6.45, 7) is 9.06. The van der Waals surface area contributed by atoms with Gasteiger partial charge >= 0.3 is 0 Å². The van der Waals surface area contributed by atoms with Gasteiger partial charge in [0.2, 0.25) is 5.89 Å². The Morgan fingerprint density at radius 3 is 2.58 bits per heavy atom. The maximum Gasteiger partial charge on any atom is 0.240 e. The first-order valence-electron chi connectivity index (χ1n) is 7.33. The molecule has 0 bridgehead atoms. The molecule has 2 rings (SSSR count). The average molecular weight is 266 g/mol. The van der Waals surface area contributed by atoms with Crippen LogP contribution in [0.25, 0.3) is 0 Å². The lowest BCUT2D eigenvalue weighted by atomic mass is 9.92. The zero-order valence-corrected chi connectivity index (χ0v) is 12.4. The molecule has 5 nitrogen and oxygen atoms in total. The van der Waals surface area contributed by atoms with Gasteiger partial charge < -0.3 is 10.3 Å². The van der Waals surface area contributed by atoms with Gasteiger partial charge in [-0.05, 0) is 45.7 Å². The quantitative estimate of drug-likeness (QED) is 0.885. The number of nitrogens with zero attached hydrogens (tertiary/aromatic N) is 3. The summed E-state index contributed by atoms with van der Waals surface area (Å²) in [6, 6.07) is 0. The topological polar surface area (TPSA) is 68.2 Å². The molecule has 1 saturated heterocycles. The first-order valence-corrected chi connectivity index (χ1v) is 7.33. The summed E-state index contributed by atoms with van der Waals surface area (Å²) < 4.78 is 5.29. The molecule has 1 aliphatic rings. The lowest BCUT2D eigenvalue weighted by molar-refractivity contribution is 0.154. The van der Waals surface area contributed by atoms with Crippen molar-refractivity contribution in [2.45, 2.75) is 58.5 Å². The zero-order chi connectivity index (χ0) is 13.9. The summed E-state index contributed by atoms with van der Waals surface area (Å²) in [5.74, 6) is 2.17. The van der Waals surface area contributed by atoms with Crippen LogP contribution in [-0.2, 0) is 12.1 Å². The van der Waals surface area contributed by atoms with E-state index in [4.69, 9.17) is 10.3 Å². The number of aromatic nitrogens is 2. The smallest absolute Gasteiger partial charge is 0.240 e. The van der Waals surface area contributed by atoms with Gasteiger partial charge in [-0.25, -0.2) is 0 Å². The second-order valence-corrected chi connectivity index (χ2v) is 6.24. The Morgan fingerprint density at radius 1 is 1.37 bits per heavy atom. The summed E-state index contributed by atoms with van der Waals surface area (Å²) in [6.07, 6.45) is 5.23. The molecular formula is C14H26N4O. The highest BCUT2D eigenvalue weighted by molar-refractivity contribution is 4.99. The molecular weight excluding hydrogens is 240 g/mol. The fourth-order valence-corrected chi connectivity index (χ4v) is 2.61. The fraction of sp³-hybridized carbons (Fsp3) is 0.857. The molecule has 0 amide bonds. The highest BCUT2D eigenvalue weighted by Gasteiger charge is 2.24. The van der Waals surface area contributed by atoms with Crippen molar-refractivity contribution in [2.75, 3.05) is 13.1 Å². The van der Waals surface area contributed by atoms with Crippen LogP contribution < -0.4 is 5.73 Å². The van der Waals surface area contributed by atoms with E-state index in [0.29, 0.717) is 11.7 Å². The largest absolute Gasteiger partial charge is 0.338 e. The maximum atomic E-state index is 5.96. The number of nitrogens with two attached hydrogens (primary N) is 1. The van der Waals surface area contributed by atoms with E-state index in [0.717, 1.165) is 25.6 Å². The van der Waals surface area contributed by atoms with E-state index in [1.54, 1.807) is 0 Å². The highest BCUT2D eigenvalue weighted by atomic mass is 16.5. The Kier molecular flexibility index (Phi) is 4.58. The molecule has 0 aliphatic carbocycles. The molecule has 5 heteroatoms. The standard InChI is InChI=1S/C14H26N4O/c1-4-5-11-6-8-18(9-7-11)10-12-16-13(17-19-12)14(2,3)15/h11H,4-10,15H2,1-3H3. The zero-order valence-electron chi connectivity index (χ0n) is 12.4. The third kappa shape index (κ3) is 4.01. The Morgan fingerprint density at radius 2 is 2.05 bits per heavy atom. The summed E-state index contributed by atoms with van der Waals surface area (Å²) >= 11 is 0. The lowest BCUT2D eigenvalue weighted by Crippen LogP contribution is -2.33. The third-order valence-corrected chi connectivity index (χ3v) is 3.81. The van der Waals surface area contributed by atoms with E-state index in [9.17, 15) is 0 Å². The van der Waals surface area contributed by atoms with Crippen molar-refractivity contribution in [2.24, 2.45) is 11.7 Å². The molecule has 0 atom stereocenters. The minimum Gasteiger partial charge on any atom is -0.338 e. The van der Waals surface area contributed by atoms with Crippen LogP contribution in [0.4, 0.5) is 0 Å². The fourth-order valence-electron chi connectivity index (χ4n) is 2.61. The number of likely N-dealkylation sites (tertiary alicyclic amines) is 1. The number of hydrogen-bond acceptors (Lipinski definition) is 5. The van der Waals surface area contributed by atoms with Gasteiger partial charge in [-0.2, -0.15) is 4.98 Å². The number of hydrogen-bond donors (Lipinski definition) is 1. The Labute approximate surface area is 115 Å². The molecule has 0 radical (unpaired) electrons. The molecule has 0 unspecified atom stereocenters. The summed E-state index contributed by atoms with van der Waals surface area (Å²) in [5, 5.41) is 3.96. The molecule has 19 heavy (non-hydrogen) atoms. The predicted molar refractivity (Wildman–Crippen MR) is 74.4 cm³/mol. The Bertz CT molecular complexity index is 388. The van der Waals surface area contributed by atoms with Crippen LogP contribution in [-0.4, -0.2) is 28.1 Å². The van der Waals surface area contributed by atoms with Crippen LogP contribution in [0.3, 0.4) is 0 Å². The third-order valence-electron chi connectivity index (χ3n) is 3.81. The van der Waals surface area contributed by atoms with E-state index >= 15 is 0 Å². The molecule has 1 aromatic rings. The maximum absolute atomic E-state index is 5.96. The van der Waals surface area contributed by atoms with Gasteiger partial charge in [-0.1, -0.05) is 24.9 Å². The van der Waals surface area contributed by atoms with Crippen molar-refractivity contribution in [1.29, 1.82) is 0 Å². The summed E-state index contributed by atoms with van der Waals surface area (Å²) in [7, 11) is 0. The van der Waals surface area contributed by atoms with Gasteiger partial charge in [-0.15, -0.1) is 0 Å². The van der Waals surface area contributed by atoms with Gasteiger partial charge in [-0.3, -0.25) is 4.90 Å². The molecule has 108 valence electrons. The molecule has 2 N–H and O–H groups in total. The SMILES string of the molecule is CCCC1CCN(Cc2nc(C(C)(C)N)no2)CC1. The van der Waals surface area contributed by atoms with Crippen molar-refractivity contribution in [3.8, 4) is 0 Å². The van der Waals surface area contributed by atoms with Crippen molar-refractivity contribution < 1.29 is 4.52 Å². The molecule has 0 saturated carbocycles. The van der Waals surface area contributed by atoms with Gasteiger partial charge in [0.25, 0.3) is 0 Å². The van der Waals surface area contributed by atoms with Crippen LogP contribution in [0, 0.1) is 5.92 Å². The Balaban J connectivity index is 1.84. The van der Waals surface area contributed by atoms with E-state index in [1.165, 1.54) is 25.7 Å². The summed E-state index contributed by atoms with van der Waals surface area (Å²) in [4.78, 5) is 6.78. The van der Waals surface area contributed by atoms with Gasteiger partial charge in [0, 0.05) is 0 Å². The van der Waals surface area contributed by atoms with Crippen LogP contribution in [0.2, 0.25) is 0 Å². The second-order valence-electron chi connectivity index (χ2n) is 6.24. The summed E-state index contributed by atoms with van der Waals surface area (Å²) in [5.41, 5.74) is 5.42. The molecule has 0 aromatic carbocycles. The number of piperidine rings is 1. The van der Waals surface area contributed by atoms with Crippen LogP contribution in [0.5, 0.6) is 0 Å². The van der Waals surface area contributed by atoms with Crippen molar-refractivity contribution in [3.05, 3.63) is 11.7 Å². The van der Waals surface area contributed by atoms with Crippen molar-refractivity contribution in [3.63, 3.8) is 0 Å². The van der Waals surface area contributed by atoms with Gasteiger partial charge in [0.15, 0.2) is 5.82 Å². The van der Waals surface area contributed by atoms with Crippen molar-refractivity contribution in [1.82, 2.24) is 15.0 Å². The molecule has 1 aliphatic heterocycles. The van der Waals surface area contributed by atoms with Crippen LogP contribution >= 0.6 is 0 Å². The minimum atomic E-state index is -0.532. The minimum absolute atomic E-state index is 0.532. The van der Waals surface area contributed by atoms with Crippen molar-refractivity contribution >= 4 is 0 Å². The van der Waals surface area contributed by atoms with E-state index in [-0.39, 0.29) is 0 Å². The normalized spacial score (nSPS) is 18.9. The van der Waals surface area contributed by atoms with E-state index < -0.39 is 5.54 Å². The first-order chi connectivity index (χ1) is 8.99. The monoisotopic (exact) mass is 266 g/mol. The van der Waals surface area contributed by atoms with Gasteiger partial charge in [0.05, 0.1) is 12.1 Å². The lowest BCUT2D eigenvalue weighted by Gasteiger charge is -2.30. The predicted octanol–water partition coefficient (Wildman–Crippen LogP) is 2.28. The number of rotatable bonds is 5. The Hall–Kier alpha value is -0.940. The van der Waals surface area contributed by atoms with Crippen LogP contribution in [0.1, 0.15) is 58.2 Å². The molecule has 1 aromatic heterocycles. The first kappa shape index (κ1) is 14.5. The highest BCUT2D eigenvalue weighted by Crippen LogP contribution is 2.23.